The van der Waals surface area contributed by atoms with Gasteiger partial charge in [-0.3, -0.25) is 14.5 Å². The molecular weight excluding hydrogens is 422 g/mol. The molecule has 164 valence electrons. The molecule has 1 unspecified atom stereocenters. The predicted molar refractivity (Wildman–Crippen MR) is 114 cm³/mol. The number of carbonyl (C=O) groups excluding carboxylic acids is 3. The Kier molecular flexibility index (Phi) is 5.77. The van der Waals surface area contributed by atoms with Crippen molar-refractivity contribution >= 4 is 33.4 Å². The fourth-order valence-electron chi connectivity index (χ4n) is 3.26. The number of rotatable bonds is 6. The van der Waals surface area contributed by atoms with Crippen molar-refractivity contribution in [2.45, 2.75) is 17.4 Å². The van der Waals surface area contributed by atoms with Crippen molar-refractivity contribution in [3.05, 3.63) is 54.1 Å². The third-order valence-electron chi connectivity index (χ3n) is 5.26. The first-order valence-corrected chi connectivity index (χ1v) is 11.2. The highest BCUT2D eigenvalue weighted by molar-refractivity contribution is 7.90. The lowest BCUT2D eigenvalue weighted by molar-refractivity contribution is -0.134. The molecule has 10 heteroatoms. The first-order valence-electron chi connectivity index (χ1n) is 9.32. The van der Waals surface area contributed by atoms with Gasteiger partial charge in [-0.15, -0.1) is 0 Å². The zero-order valence-corrected chi connectivity index (χ0v) is 18.4. The Balaban J connectivity index is 1.76. The highest BCUT2D eigenvalue weighted by Crippen LogP contribution is 2.30. The summed E-state index contributed by atoms with van der Waals surface area (Å²) in [6.07, 6.45) is 1.09. The van der Waals surface area contributed by atoms with E-state index in [0.717, 1.165) is 11.2 Å². The largest absolute Gasteiger partial charge is 0.497 e. The summed E-state index contributed by atoms with van der Waals surface area (Å²) in [5.41, 5.74) is -0.312. The average molecular weight is 445 g/mol. The van der Waals surface area contributed by atoms with E-state index < -0.39 is 39.8 Å². The van der Waals surface area contributed by atoms with Crippen LogP contribution in [0.15, 0.2) is 53.4 Å². The van der Waals surface area contributed by atoms with Crippen LogP contribution in [0.4, 0.5) is 10.5 Å². The molecule has 31 heavy (non-hydrogen) atoms. The van der Waals surface area contributed by atoms with Crippen LogP contribution in [0.3, 0.4) is 0 Å². The lowest BCUT2D eigenvalue weighted by Crippen LogP contribution is -2.43. The first kappa shape index (κ1) is 22.3. The van der Waals surface area contributed by atoms with Crippen LogP contribution >= 0.6 is 0 Å². The minimum atomic E-state index is -3.36. The number of hydrogen-bond donors (Lipinski definition) is 1. The molecule has 1 heterocycles. The van der Waals surface area contributed by atoms with Crippen LogP contribution in [-0.4, -0.2) is 58.1 Å². The highest BCUT2D eigenvalue weighted by atomic mass is 32.2. The molecule has 3 rings (SSSR count). The fourth-order valence-corrected chi connectivity index (χ4v) is 3.89. The average Bonchev–Trinajstić information content (AvgIpc) is 2.96. The van der Waals surface area contributed by atoms with E-state index in [1.807, 2.05) is 0 Å². The summed E-state index contributed by atoms with van der Waals surface area (Å²) in [6.45, 7) is 1.12. The third-order valence-corrected chi connectivity index (χ3v) is 6.39. The minimum absolute atomic E-state index is 0.126. The maximum Gasteiger partial charge on any atom is 0.325 e. The van der Waals surface area contributed by atoms with Crippen LogP contribution < -0.4 is 15.0 Å². The second kappa shape index (κ2) is 8.03. The molecule has 1 atom stereocenters. The zero-order valence-electron chi connectivity index (χ0n) is 17.6. The maximum atomic E-state index is 13.0. The summed E-state index contributed by atoms with van der Waals surface area (Å²) < 4.78 is 28.3. The Morgan fingerprint density at radius 3 is 2.19 bits per heavy atom. The summed E-state index contributed by atoms with van der Waals surface area (Å²) >= 11 is 0. The molecule has 4 amide bonds. The van der Waals surface area contributed by atoms with Crippen molar-refractivity contribution in [1.29, 1.82) is 0 Å². The molecule has 0 aromatic heterocycles. The molecule has 9 nitrogen and oxygen atoms in total. The van der Waals surface area contributed by atoms with Crippen molar-refractivity contribution in [3.8, 4) is 5.75 Å². The Bertz CT molecular complexity index is 1130. The van der Waals surface area contributed by atoms with Crippen LogP contribution in [-0.2, 0) is 25.0 Å². The number of nitrogens with one attached hydrogen (secondary N) is 1. The Hall–Kier alpha value is -3.40. The van der Waals surface area contributed by atoms with Gasteiger partial charge in [-0.1, -0.05) is 12.1 Å². The second-order valence-electron chi connectivity index (χ2n) is 7.39. The van der Waals surface area contributed by atoms with Crippen LogP contribution in [0, 0.1) is 0 Å². The number of nitrogens with zero attached hydrogens (tertiary/aromatic N) is 2. The molecular formula is C21H23N3O6S. The molecule has 1 aliphatic rings. The van der Waals surface area contributed by atoms with Crippen LogP contribution in [0.2, 0.25) is 0 Å². The summed E-state index contributed by atoms with van der Waals surface area (Å²) in [5, 5.41) is 2.65. The van der Waals surface area contributed by atoms with Gasteiger partial charge in [0.1, 0.15) is 17.8 Å². The third kappa shape index (κ3) is 4.24. The molecule has 0 radical (unpaired) electrons. The molecule has 0 aliphatic carbocycles. The van der Waals surface area contributed by atoms with Gasteiger partial charge in [0, 0.05) is 19.0 Å². The lowest BCUT2D eigenvalue weighted by Gasteiger charge is -2.23. The molecule has 0 saturated carbocycles. The number of urea groups is 1. The molecule has 1 aliphatic heterocycles. The summed E-state index contributed by atoms with van der Waals surface area (Å²) in [4.78, 5) is 40.5. The van der Waals surface area contributed by atoms with Crippen molar-refractivity contribution in [1.82, 2.24) is 10.2 Å². The van der Waals surface area contributed by atoms with Gasteiger partial charge in [-0.2, -0.15) is 0 Å². The van der Waals surface area contributed by atoms with Crippen molar-refractivity contribution in [3.63, 3.8) is 0 Å². The lowest BCUT2D eigenvalue weighted by atomic mass is 9.92. The molecule has 2 aromatic carbocycles. The Morgan fingerprint density at radius 2 is 1.68 bits per heavy atom. The first-order chi connectivity index (χ1) is 14.5. The molecule has 0 spiro atoms. The molecule has 2 aromatic rings. The SMILES string of the molecule is COc1ccc(C2(C)NC(=O)N(CC(=O)N(C)c3ccc(S(C)(=O)=O)cc3)C2=O)cc1. The number of carbonyl (C=O) groups is 3. The number of anilines is 1. The van der Waals surface area contributed by atoms with Crippen LogP contribution in [0.5, 0.6) is 5.75 Å². The monoisotopic (exact) mass is 445 g/mol. The van der Waals surface area contributed by atoms with E-state index in [9.17, 15) is 22.8 Å². The summed E-state index contributed by atoms with van der Waals surface area (Å²) in [5.74, 6) is -0.439. The van der Waals surface area contributed by atoms with Crippen LogP contribution in [0.1, 0.15) is 12.5 Å². The maximum absolute atomic E-state index is 13.0. The number of amides is 4. The molecule has 1 fully saturated rings. The van der Waals surface area contributed by atoms with E-state index in [2.05, 4.69) is 5.32 Å². The number of benzene rings is 2. The second-order valence-corrected chi connectivity index (χ2v) is 9.41. The molecule has 1 saturated heterocycles. The van der Waals surface area contributed by atoms with Gasteiger partial charge in [-0.05, 0) is 48.9 Å². The topological polar surface area (TPSA) is 113 Å². The van der Waals surface area contributed by atoms with Crippen LogP contribution in [0.25, 0.3) is 0 Å². The van der Waals surface area contributed by atoms with Gasteiger partial charge in [-0.25, -0.2) is 13.2 Å². The number of imide groups is 1. The van der Waals surface area contributed by atoms with E-state index in [0.29, 0.717) is 17.0 Å². The van der Waals surface area contributed by atoms with Gasteiger partial charge < -0.3 is 15.0 Å². The zero-order chi connectivity index (χ0) is 23.0. The number of sulfone groups is 1. The number of ether oxygens (including phenoxy) is 1. The highest BCUT2D eigenvalue weighted by Gasteiger charge is 2.49. The minimum Gasteiger partial charge on any atom is -0.497 e. The van der Waals surface area contributed by atoms with E-state index in [1.54, 1.807) is 31.2 Å². The normalized spacial score (nSPS) is 18.6. The predicted octanol–water partition coefficient (Wildman–Crippen LogP) is 1.53. The Labute approximate surface area is 180 Å². The van der Waals surface area contributed by atoms with Gasteiger partial charge in [0.25, 0.3) is 5.91 Å². The van der Waals surface area contributed by atoms with Crippen molar-refractivity contribution in [2.24, 2.45) is 0 Å². The fraction of sp³-hybridized carbons (Fsp3) is 0.286. The quantitative estimate of drug-likeness (QED) is 0.675. The van der Waals surface area contributed by atoms with Gasteiger partial charge in [0.05, 0.1) is 12.0 Å². The van der Waals surface area contributed by atoms with E-state index >= 15 is 0 Å². The number of likely N-dealkylation sites (N-methyl/N-ethyl adjacent to an activating group) is 1. The van der Waals surface area contributed by atoms with E-state index in [-0.39, 0.29) is 4.90 Å². The summed E-state index contributed by atoms with van der Waals surface area (Å²) in [7, 11) is -0.349. The Morgan fingerprint density at radius 1 is 1.10 bits per heavy atom. The van der Waals surface area contributed by atoms with Crippen molar-refractivity contribution < 1.29 is 27.5 Å². The van der Waals surface area contributed by atoms with E-state index in [1.165, 1.54) is 43.3 Å². The number of hydrogen-bond acceptors (Lipinski definition) is 6. The molecule has 0 bridgehead atoms. The smallest absolute Gasteiger partial charge is 0.325 e. The summed E-state index contributed by atoms with van der Waals surface area (Å²) in [6, 6.07) is 11.8. The van der Waals surface area contributed by atoms with Gasteiger partial charge in [0.2, 0.25) is 5.91 Å². The molecule has 1 N–H and O–H groups in total. The standard InChI is InChI=1S/C21H23N3O6S/c1-21(14-5-9-16(30-3)10-6-14)19(26)24(20(27)22-21)13-18(25)23(2)15-7-11-17(12-8-15)31(4,28)29/h5-12H,13H2,1-4H3,(H,22,27). The van der Waals surface area contributed by atoms with E-state index in [4.69, 9.17) is 4.74 Å². The van der Waals surface area contributed by atoms with Crippen molar-refractivity contribution in [2.75, 3.05) is 31.9 Å². The number of methoxy groups -OCH3 is 1. The van der Waals surface area contributed by atoms with Gasteiger partial charge >= 0.3 is 6.03 Å². The van der Waals surface area contributed by atoms with Gasteiger partial charge in [0.15, 0.2) is 9.84 Å².